The van der Waals surface area contributed by atoms with Crippen molar-refractivity contribution in [3.8, 4) is 11.9 Å². The molecule has 2 aromatic heterocycles. The largest absolute Gasteiger partial charge is 0.473 e. The van der Waals surface area contributed by atoms with Crippen molar-refractivity contribution in [1.29, 1.82) is 5.26 Å². The molecule has 218 valence electrons. The van der Waals surface area contributed by atoms with Gasteiger partial charge in [0, 0.05) is 35.0 Å². The van der Waals surface area contributed by atoms with Crippen LogP contribution in [-0.2, 0) is 21.4 Å². The minimum atomic E-state index is -0.772. The van der Waals surface area contributed by atoms with Crippen molar-refractivity contribution in [1.82, 2.24) is 14.9 Å². The smallest absolute Gasteiger partial charge is 0.219 e. The molecule has 2 aliphatic carbocycles. The lowest BCUT2D eigenvalue weighted by Crippen LogP contribution is -2.43. The van der Waals surface area contributed by atoms with E-state index in [1.165, 1.54) is 11.3 Å². The molecule has 1 spiro atoms. The summed E-state index contributed by atoms with van der Waals surface area (Å²) in [5, 5.41) is 13.8. The summed E-state index contributed by atoms with van der Waals surface area (Å²) in [6.45, 7) is 5.29. The van der Waals surface area contributed by atoms with E-state index in [0.29, 0.717) is 71.4 Å². The fourth-order valence-corrected chi connectivity index (χ4v) is 8.23. The van der Waals surface area contributed by atoms with Gasteiger partial charge in [0.05, 0.1) is 29.9 Å². The molecule has 0 bridgehead atoms. The van der Waals surface area contributed by atoms with Gasteiger partial charge in [0.25, 0.3) is 0 Å². The predicted molar refractivity (Wildman–Crippen MR) is 159 cm³/mol. The number of nitriles is 1. The third-order valence-corrected chi connectivity index (χ3v) is 10.4. The number of ether oxygens (including phenoxy) is 2. The molecule has 2 aromatic rings. The monoisotopic (exact) mass is 577 g/mol. The van der Waals surface area contributed by atoms with Crippen LogP contribution >= 0.6 is 11.3 Å². The Bertz CT molecular complexity index is 1410. The van der Waals surface area contributed by atoms with Crippen molar-refractivity contribution in [2.45, 2.75) is 75.9 Å². The molecule has 3 atom stereocenters. The van der Waals surface area contributed by atoms with E-state index < -0.39 is 5.41 Å². The summed E-state index contributed by atoms with van der Waals surface area (Å²) >= 11 is 1.45. The minimum absolute atomic E-state index is 0.0199. The summed E-state index contributed by atoms with van der Waals surface area (Å²) in [6.07, 6.45) is 6.58. The molecular formula is C30H39N7O3S. The molecule has 2 aliphatic heterocycles. The first kappa shape index (κ1) is 27.9. The van der Waals surface area contributed by atoms with E-state index in [1.54, 1.807) is 0 Å². The number of nitrogens with two attached hydrogens (primary N) is 2. The van der Waals surface area contributed by atoms with Crippen molar-refractivity contribution in [2.24, 2.45) is 11.7 Å². The third-order valence-electron chi connectivity index (χ3n) is 9.32. The molecule has 0 aromatic carbocycles. The molecule has 10 nitrogen and oxygen atoms in total. The van der Waals surface area contributed by atoms with Crippen molar-refractivity contribution in [2.75, 3.05) is 44.4 Å². The van der Waals surface area contributed by atoms with Crippen LogP contribution in [-0.4, -0.2) is 66.1 Å². The zero-order valence-corrected chi connectivity index (χ0v) is 24.7. The van der Waals surface area contributed by atoms with Crippen LogP contribution in [0.5, 0.6) is 5.88 Å². The van der Waals surface area contributed by atoms with E-state index >= 15 is 0 Å². The van der Waals surface area contributed by atoms with E-state index in [0.717, 1.165) is 62.3 Å². The van der Waals surface area contributed by atoms with Gasteiger partial charge in [-0.25, -0.2) is 4.98 Å². The highest BCUT2D eigenvalue weighted by Gasteiger charge is 2.49. The number of ketones is 1. The number of hydrogen-bond acceptors (Lipinski definition) is 11. The Balaban J connectivity index is 1.36. The summed E-state index contributed by atoms with van der Waals surface area (Å²) in [5.41, 5.74) is 14.4. The van der Waals surface area contributed by atoms with Gasteiger partial charge in [-0.15, -0.1) is 11.3 Å². The number of likely N-dealkylation sites (N-methyl/N-ethyl adjacent to an activating group) is 1. The molecule has 2 saturated heterocycles. The second-order valence-corrected chi connectivity index (χ2v) is 13.1. The number of nitrogens with one attached hydrogen (secondary N) is 1. The Hall–Kier alpha value is -3.20. The number of thiophene rings is 1. The van der Waals surface area contributed by atoms with Crippen LogP contribution in [0.2, 0.25) is 0 Å². The molecule has 3 fully saturated rings. The number of aryl methyl sites for hydroxylation is 1. The number of rotatable bonds is 7. The van der Waals surface area contributed by atoms with Crippen molar-refractivity contribution in [3.05, 3.63) is 33.5 Å². The van der Waals surface area contributed by atoms with Crippen LogP contribution in [0.3, 0.4) is 0 Å². The summed E-state index contributed by atoms with van der Waals surface area (Å²) in [5.74, 6) is 1.75. The molecule has 4 aliphatic rings. The Morgan fingerprint density at radius 3 is 2.78 bits per heavy atom. The number of aromatic nitrogens is 2. The van der Waals surface area contributed by atoms with E-state index in [1.807, 2.05) is 6.07 Å². The Kier molecular flexibility index (Phi) is 7.66. The first-order valence-electron chi connectivity index (χ1n) is 14.7. The maximum atomic E-state index is 14.4. The second-order valence-electron chi connectivity index (χ2n) is 12.0. The molecule has 0 unspecified atom stereocenters. The van der Waals surface area contributed by atoms with Crippen LogP contribution in [0.15, 0.2) is 11.6 Å². The quantitative estimate of drug-likeness (QED) is 0.416. The summed E-state index contributed by atoms with van der Waals surface area (Å²) in [4.78, 5) is 27.2. The predicted octanol–water partition coefficient (Wildman–Crippen LogP) is 3.61. The highest BCUT2D eigenvalue weighted by atomic mass is 32.1. The standard InChI is InChI=1S/C30H39N7O3S/c1-17(21-7-5-11-37(21)2)40-24-12-23(34-14-18-15-39-16-18)35-29(36-24)26(32)19-6-3-9-30(27(19)38)10-4-8-22-25(30)20(13-31)28(33)41-22/h12,17-18,21H,3-11,14-16,32-33H2,1-2H3,(H,34,35,36)/t17-,21-,30-/m0/s1. The molecule has 0 radical (unpaired) electrons. The first-order valence-corrected chi connectivity index (χ1v) is 15.6. The molecule has 11 heteroatoms. The average Bonchev–Trinajstić information content (AvgIpc) is 3.51. The van der Waals surface area contributed by atoms with Gasteiger partial charge in [0.1, 0.15) is 23.0 Å². The fourth-order valence-electron chi connectivity index (χ4n) is 7.06. The summed E-state index contributed by atoms with van der Waals surface area (Å²) in [6, 6.07) is 4.41. The van der Waals surface area contributed by atoms with E-state index in [9.17, 15) is 10.1 Å². The average molecular weight is 578 g/mol. The van der Waals surface area contributed by atoms with Gasteiger partial charge in [-0.1, -0.05) is 0 Å². The summed E-state index contributed by atoms with van der Waals surface area (Å²) in [7, 11) is 2.12. The van der Waals surface area contributed by atoms with Gasteiger partial charge in [0.2, 0.25) is 5.88 Å². The SMILES string of the molecule is C[C@H](Oc1cc(NCC2COC2)nc(C(N)=C2CCC[C@@]3(CCCc4sc(N)c(C#N)c43)C2=O)n1)[C@@H]1CCCN1C. The highest BCUT2D eigenvalue weighted by Crippen LogP contribution is 2.52. The van der Waals surface area contributed by atoms with Crippen LogP contribution in [0, 0.1) is 17.2 Å². The van der Waals surface area contributed by atoms with Crippen molar-refractivity contribution < 1.29 is 14.3 Å². The van der Waals surface area contributed by atoms with Crippen molar-refractivity contribution in [3.63, 3.8) is 0 Å². The van der Waals surface area contributed by atoms with Gasteiger partial charge in [-0.3, -0.25) is 9.69 Å². The number of anilines is 2. The Labute approximate surface area is 245 Å². The van der Waals surface area contributed by atoms with Crippen molar-refractivity contribution >= 4 is 33.6 Å². The highest BCUT2D eigenvalue weighted by molar-refractivity contribution is 7.16. The molecule has 41 heavy (non-hydrogen) atoms. The number of allylic oxidation sites excluding steroid dienone is 1. The van der Waals surface area contributed by atoms with Gasteiger partial charge in [-0.05, 0) is 77.4 Å². The maximum Gasteiger partial charge on any atom is 0.219 e. The topological polar surface area (TPSA) is 152 Å². The van der Waals surface area contributed by atoms with Gasteiger partial charge in [-0.2, -0.15) is 10.2 Å². The molecule has 6 rings (SSSR count). The summed E-state index contributed by atoms with van der Waals surface area (Å²) < 4.78 is 11.7. The molecule has 5 N–H and O–H groups in total. The lowest BCUT2D eigenvalue weighted by Gasteiger charge is -2.40. The lowest BCUT2D eigenvalue weighted by atomic mass is 9.61. The van der Waals surface area contributed by atoms with E-state index in [-0.39, 0.29) is 17.6 Å². The lowest BCUT2D eigenvalue weighted by molar-refractivity contribution is -0.122. The number of hydrogen-bond donors (Lipinski definition) is 3. The number of fused-ring (bicyclic) bond motifs is 2. The Morgan fingerprint density at radius 2 is 2.10 bits per heavy atom. The molecular weight excluding hydrogens is 538 g/mol. The number of Topliss-reactive ketones (excluding diaryl/α,β-unsaturated/α-hetero) is 1. The van der Waals surface area contributed by atoms with Crippen LogP contribution < -0.4 is 21.5 Å². The number of nitrogen functional groups attached to an aromatic ring is 1. The van der Waals surface area contributed by atoms with Crippen LogP contribution in [0.1, 0.15) is 73.7 Å². The van der Waals surface area contributed by atoms with Crippen LogP contribution in [0.25, 0.3) is 5.70 Å². The van der Waals surface area contributed by atoms with Gasteiger partial charge >= 0.3 is 0 Å². The number of carbonyl (C=O) groups excluding carboxylic acids is 1. The third kappa shape index (κ3) is 5.07. The number of carbonyl (C=O) groups is 1. The second kappa shape index (κ2) is 11.2. The molecule has 0 amide bonds. The number of nitrogens with zero attached hydrogens (tertiary/aromatic N) is 4. The molecule has 4 heterocycles. The minimum Gasteiger partial charge on any atom is -0.473 e. The Morgan fingerprint density at radius 1 is 1.32 bits per heavy atom. The van der Waals surface area contributed by atoms with Crippen LogP contribution in [0.4, 0.5) is 10.8 Å². The normalized spacial score (nSPS) is 26.8. The molecule has 1 saturated carbocycles. The number of likely N-dealkylation sites (tertiary alicyclic amines) is 1. The fraction of sp³-hybridized carbons (Fsp3) is 0.600. The van der Waals surface area contributed by atoms with Gasteiger partial charge in [0.15, 0.2) is 11.6 Å². The zero-order valence-electron chi connectivity index (χ0n) is 23.9. The maximum absolute atomic E-state index is 14.4. The van der Waals surface area contributed by atoms with E-state index in [2.05, 4.69) is 30.3 Å². The van der Waals surface area contributed by atoms with Gasteiger partial charge < -0.3 is 26.3 Å². The first-order chi connectivity index (χ1) is 19.8. The van der Waals surface area contributed by atoms with E-state index in [4.69, 9.17) is 30.9 Å². The zero-order chi connectivity index (χ0) is 28.7.